The van der Waals surface area contributed by atoms with Crippen LogP contribution < -0.4 is 4.90 Å². The number of hydrogen-bond acceptors (Lipinski definition) is 5. The molecule has 6 nitrogen and oxygen atoms in total. The number of halogens is 1. The number of likely N-dealkylation sites (N-methyl/N-ethyl adjacent to an activating group) is 2. The van der Waals surface area contributed by atoms with Gasteiger partial charge in [0.15, 0.2) is 0 Å². The lowest BCUT2D eigenvalue weighted by Crippen LogP contribution is -2.37. The highest BCUT2D eigenvalue weighted by atomic mass is 79.9. The highest BCUT2D eigenvalue weighted by Gasteiger charge is 2.26. The lowest BCUT2D eigenvalue weighted by molar-refractivity contribution is -0.384. The molecule has 0 saturated carbocycles. The van der Waals surface area contributed by atoms with E-state index in [-0.39, 0.29) is 10.6 Å². The smallest absolute Gasteiger partial charge is 0.312 e. The molecule has 0 spiro atoms. The Bertz CT molecular complexity index is 483. The number of hydrogen-bond donors (Lipinski definition) is 0. The molecule has 0 bridgehead atoms. The van der Waals surface area contributed by atoms with Crippen molar-refractivity contribution in [2.45, 2.75) is 18.9 Å². The molecule has 1 unspecified atom stereocenters. The van der Waals surface area contributed by atoms with Gasteiger partial charge in [-0.2, -0.15) is 0 Å². The van der Waals surface area contributed by atoms with E-state index < -0.39 is 0 Å². The van der Waals surface area contributed by atoms with Crippen LogP contribution in [0.5, 0.6) is 0 Å². The van der Waals surface area contributed by atoms with Crippen LogP contribution in [-0.4, -0.2) is 48.0 Å². The Kier molecular flexibility index (Phi) is 4.36. The number of anilines is 1. The molecule has 1 aliphatic rings. The van der Waals surface area contributed by atoms with Crippen molar-refractivity contribution in [1.82, 2.24) is 9.88 Å². The quantitative estimate of drug-likeness (QED) is 0.626. The maximum absolute atomic E-state index is 11.1. The van der Waals surface area contributed by atoms with E-state index in [0.29, 0.717) is 16.3 Å². The van der Waals surface area contributed by atoms with Crippen LogP contribution in [0.25, 0.3) is 0 Å². The molecule has 7 heteroatoms. The van der Waals surface area contributed by atoms with Crippen LogP contribution in [0.3, 0.4) is 0 Å². The predicted octanol–water partition coefficient (Wildman–Crippen LogP) is 2.28. The van der Waals surface area contributed by atoms with Crippen molar-refractivity contribution in [2.24, 2.45) is 0 Å². The van der Waals surface area contributed by atoms with Crippen molar-refractivity contribution in [1.29, 1.82) is 0 Å². The van der Waals surface area contributed by atoms with Crippen molar-refractivity contribution in [3.8, 4) is 0 Å². The van der Waals surface area contributed by atoms with Crippen molar-refractivity contribution in [3.63, 3.8) is 0 Å². The average Bonchev–Trinajstić information content (AvgIpc) is 2.74. The number of nitro groups is 1. The van der Waals surface area contributed by atoms with Gasteiger partial charge in [-0.25, -0.2) is 4.98 Å². The number of rotatable bonds is 4. The summed E-state index contributed by atoms with van der Waals surface area (Å²) in [5, 5.41) is 11.1. The first-order valence-corrected chi connectivity index (χ1v) is 6.99. The molecule has 19 heavy (non-hydrogen) atoms. The monoisotopic (exact) mass is 328 g/mol. The lowest BCUT2D eigenvalue weighted by Gasteiger charge is -2.26. The van der Waals surface area contributed by atoms with E-state index in [4.69, 9.17) is 0 Å². The van der Waals surface area contributed by atoms with Gasteiger partial charge in [0.25, 0.3) is 0 Å². The second-order valence-corrected chi connectivity index (χ2v) is 5.83. The maximum atomic E-state index is 11.1. The summed E-state index contributed by atoms with van der Waals surface area (Å²) >= 11 is 3.22. The highest BCUT2D eigenvalue weighted by molar-refractivity contribution is 9.10. The molecule has 1 aromatic heterocycles. The molecule has 0 amide bonds. The maximum Gasteiger partial charge on any atom is 0.312 e. The third-order valence-electron chi connectivity index (χ3n) is 3.53. The molecule has 1 fully saturated rings. The van der Waals surface area contributed by atoms with Gasteiger partial charge in [-0.15, -0.1) is 0 Å². The van der Waals surface area contributed by atoms with Crippen LogP contribution in [-0.2, 0) is 0 Å². The average molecular weight is 329 g/mol. The van der Waals surface area contributed by atoms with Crippen molar-refractivity contribution < 1.29 is 4.92 Å². The summed E-state index contributed by atoms with van der Waals surface area (Å²) < 4.78 is 0.620. The topological polar surface area (TPSA) is 62.5 Å². The van der Waals surface area contributed by atoms with Crippen LogP contribution in [0.15, 0.2) is 16.7 Å². The third-order valence-corrected chi connectivity index (χ3v) is 3.96. The van der Waals surface area contributed by atoms with Crippen LogP contribution in [0.2, 0.25) is 0 Å². The van der Waals surface area contributed by atoms with Crippen molar-refractivity contribution in [3.05, 3.63) is 26.9 Å². The Morgan fingerprint density at radius 1 is 1.68 bits per heavy atom. The van der Waals surface area contributed by atoms with E-state index in [0.717, 1.165) is 19.5 Å². The highest BCUT2D eigenvalue weighted by Crippen LogP contribution is 2.28. The minimum Gasteiger partial charge on any atom is -0.352 e. The fraction of sp³-hybridized carbons (Fsp3) is 0.583. The van der Waals surface area contributed by atoms with Crippen LogP contribution >= 0.6 is 15.9 Å². The molecule has 0 N–H and O–H groups in total. The number of nitrogens with zero attached hydrogens (tertiary/aromatic N) is 4. The van der Waals surface area contributed by atoms with Gasteiger partial charge in [0.2, 0.25) is 5.82 Å². The molecule has 0 aromatic carbocycles. The first kappa shape index (κ1) is 14.2. The van der Waals surface area contributed by atoms with Gasteiger partial charge in [0.05, 0.1) is 4.92 Å². The van der Waals surface area contributed by atoms with Crippen LogP contribution in [0, 0.1) is 10.1 Å². The summed E-state index contributed by atoms with van der Waals surface area (Å²) in [7, 11) is 3.95. The molecular formula is C12H17BrN4O2. The third kappa shape index (κ3) is 3.22. The minimum atomic E-state index is -0.387. The zero-order valence-electron chi connectivity index (χ0n) is 11.0. The Balaban J connectivity index is 2.18. The zero-order chi connectivity index (χ0) is 14.0. The Morgan fingerprint density at radius 3 is 3.00 bits per heavy atom. The van der Waals surface area contributed by atoms with Gasteiger partial charge < -0.3 is 9.80 Å². The Morgan fingerprint density at radius 2 is 2.42 bits per heavy atom. The van der Waals surface area contributed by atoms with E-state index >= 15 is 0 Å². The standard InChI is InChI=1S/C12H17BrN4O2/c1-15-5-3-4-10(15)8-16(2)12-11(17(18)19)6-9(13)7-14-12/h6-7,10H,3-5,8H2,1-2H3. The molecule has 0 aliphatic carbocycles. The minimum absolute atomic E-state index is 0.0394. The van der Waals surface area contributed by atoms with Gasteiger partial charge in [-0.05, 0) is 42.4 Å². The number of likely N-dealkylation sites (tertiary alicyclic amines) is 1. The normalized spacial score (nSPS) is 19.6. The van der Waals surface area contributed by atoms with E-state index in [1.807, 2.05) is 11.9 Å². The van der Waals surface area contributed by atoms with E-state index in [1.54, 1.807) is 6.20 Å². The van der Waals surface area contributed by atoms with Crippen molar-refractivity contribution >= 4 is 27.4 Å². The number of pyridine rings is 1. The molecule has 104 valence electrons. The molecule has 1 aliphatic heterocycles. The fourth-order valence-electron chi connectivity index (χ4n) is 2.46. The molecule has 0 radical (unpaired) electrons. The summed E-state index contributed by atoms with van der Waals surface area (Å²) in [4.78, 5) is 19.1. The summed E-state index contributed by atoms with van der Waals surface area (Å²) in [5.41, 5.74) is 0.0394. The summed E-state index contributed by atoms with van der Waals surface area (Å²) in [5.74, 6) is 0.425. The second-order valence-electron chi connectivity index (χ2n) is 4.91. The fourth-order valence-corrected chi connectivity index (χ4v) is 2.78. The van der Waals surface area contributed by atoms with E-state index in [1.165, 1.54) is 12.5 Å². The predicted molar refractivity (Wildman–Crippen MR) is 77.5 cm³/mol. The molecular weight excluding hydrogens is 312 g/mol. The first-order chi connectivity index (χ1) is 8.99. The van der Waals surface area contributed by atoms with Gasteiger partial charge in [0.1, 0.15) is 0 Å². The van der Waals surface area contributed by atoms with Crippen LogP contribution in [0.1, 0.15) is 12.8 Å². The Labute approximate surface area is 120 Å². The lowest BCUT2D eigenvalue weighted by atomic mass is 10.2. The SMILES string of the molecule is CN(CC1CCCN1C)c1ncc(Br)cc1[N+](=O)[O-]. The largest absolute Gasteiger partial charge is 0.352 e. The van der Waals surface area contributed by atoms with Crippen LogP contribution in [0.4, 0.5) is 11.5 Å². The zero-order valence-corrected chi connectivity index (χ0v) is 12.6. The summed E-state index contributed by atoms with van der Waals surface area (Å²) in [6.07, 6.45) is 3.91. The molecule has 1 atom stereocenters. The van der Waals surface area contributed by atoms with Gasteiger partial charge >= 0.3 is 5.69 Å². The summed E-state index contributed by atoms with van der Waals surface area (Å²) in [6.45, 7) is 1.85. The van der Waals surface area contributed by atoms with E-state index in [2.05, 4.69) is 32.9 Å². The second kappa shape index (κ2) is 5.83. The summed E-state index contributed by atoms with van der Waals surface area (Å²) in [6, 6.07) is 1.94. The van der Waals surface area contributed by atoms with Gasteiger partial charge in [-0.1, -0.05) is 0 Å². The molecule has 1 aromatic rings. The first-order valence-electron chi connectivity index (χ1n) is 6.20. The number of aromatic nitrogens is 1. The Hall–Kier alpha value is -1.21. The van der Waals surface area contributed by atoms with E-state index in [9.17, 15) is 10.1 Å². The molecule has 2 heterocycles. The molecule has 2 rings (SSSR count). The van der Waals surface area contributed by atoms with Crippen molar-refractivity contribution in [2.75, 3.05) is 32.1 Å². The van der Waals surface area contributed by atoms with Gasteiger partial charge in [-0.3, -0.25) is 10.1 Å². The van der Waals surface area contributed by atoms with Gasteiger partial charge in [0, 0.05) is 36.4 Å². The molecule has 1 saturated heterocycles.